The van der Waals surface area contributed by atoms with Crippen molar-refractivity contribution in [3.63, 3.8) is 0 Å². The number of ether oxygens (including phenoxy) is 1. The molecule has 0 saturated carbocycles. The Morgan fingerprint density at radius 2 is 1.74 bits per heavy atom. The van der Waals surface area contributed by atoms with E-state index >= 15 is 0 Å². The van der Waals surface area contributed by atoms with Gasteiger partial charge in [-0.25, -0.2) is 0 Å². The van der Waals surface area contributed by atoms with Crippen molar-refractivity contribution in [1.29, 1.82) is 0 Å². The van der Waals surface area contributed by atoms with E-state index in [9.17, 15) is 9.59 Å². The molecular weight excluding hydrogens is 292 g/mol. The Balaban J connectivity index is 1.75. The van der Waals surface area contributed by atoms with Crippen LogP contribution in [0.15, 0.2) is 48.5 Å². The summed E-state index contributed by atoms with van der Waals surface area (Å²) in [5, 5.41) is 5.13. The Morgan fingerprint density at radius 1 is 1.00 bits per heavy atom. The van der Waals surface area contributed by atoms with Crippen molar-refractivity contribution in [2.75, 3.05) is 18.5 Å². The quantitative estimate of drug-likeness (QED) is 0.658. The van der Waals surface area contributed by atoms with Gasteiger partial charge in [0.2, 0.25) is 0 Å². The van der Waals surface area contributed by atoms with Gasteiger partial charge < -0.3 is 15.4 Å². The first kappa shape index (κ1) is 16.5. The highest BCUT2D eigenvalue weighted by atomic mass is 16.5. The maximum absolute atomic E-state index is 11.8. The zero-order chi connectivity index (χ0) is 16.7. The molecule has 5 heteroatoms. The second-order valence-corrected chi connectivity index (χ2v) is 5.19. The lowest BCUT2D eigenvalue weighted by Gasteiger charge is -2.10. The molecule has 2 rings (SSSR count). The first-order valence-electron chi connectivity index (χ1n) is 7.40. The largest absolute Gasteiger partial charge is 0.492 e. The number of hydrogen-bond donors (Lipinski definition) is 2. The summed E-state index contributed by atoms with van der Waals surface area (Å²) in [4.78, 5) is 23.6. The van der Waals surface area contributed by atoms with Crippen LogP contribution in [-0.2, 0) is 9.59 Å². The average Bonchev–Trinajstić information content (AvgIpc) is 2.55. The predicted octanol–water partition coefficient (Wildman–Crippen LogP) is 2.44. The Kier molecular flexibility index (Phi) is 5.74. The van der Waals surface area contributed by atoms with E-state index < -0.39 is 11.8 Å². The van der Waals surface area contributed by atoms with Gasteiger partial charge in [0.15, 0.2) is 0 Å². The molecule has 0 aliphatic heterocycles. The van der Waals surface area contributed by atoms with Crippen molar-refractivity contribution >= 4 is 17.5 Å². The Labute approximate surface area is 135 Å². The van der Waals surface area contributed by atoms with E-state index in [-0.39, 0.29) is 6.54 Å². The van der Waals surface area contributed by atoms with Crippen LogP contribution in [0, 0.1) is 13.8 Å². The number of rotatable bonds is 5. The van der Waals surface area contributed by atoms with Crippen LogP contribution in [0.5, 0.6) is 5.75 Å². The molecule has 23 heavy (non-hydrogen) atoms. The molecule has 2 amide bonds. The molecular formula is C18H20N2O3. The highest BCUT2D eigenvalue weighted by Gasteiger charge is 2.14. The summed E-state index contributed by atoms with van der Waals surface area (Å²) >= 11 is 0. The van der Waals surface area contributed by atoms with Gasteiger partial charge in [-0.05, 0) is 37.6 Å². The van der Waals surface area contributed by atoms with E-state index in [4.69, 9.17) is 4.74 Å². The Hall–Kier alpha value is -2.82. The van der Waals surface area contributed by atoms with Crippen LogP contribution >= 0.6 is 0 Å². The molecule has 0 spiro atoms. The fourth-order valence-corrected chi connectivity index (χ4v) is 2.06. The van der Waals surface area contributed by atoms with E-state index in [1.54, 1.807) is 6.07 Å². The monoisotopic (exact) mass is 312 g/mol. The molecule has 0 aromatic heterocycles. The van der Waals surface area contributed by atoms with E-state index in [1.807, 2.05) is 56.3 Å². The third-order valence-electron chi connectivity index (χ3n) is 3.24. The van der Waals surface area contributed by atoms with Gasteiger partial charge in [0.1, 0.15) is 12.4 Å². The molecule has 0 aliphatic rings. The summed E-state index contributed by atoms with van der Waals surface area (Å²) in [5.41, 5.74) is 2.65. The molecule has 0 bridgehead atoms. The molecule has 2 aromatic rings. The molecule has 2 aromatic carbocycles. The van der Waals surface area contributed by atoms with Crippen molar-refractivity contribution in [3.05, 3.63) is 59.7 Å². The summed E-state index contributed by atoms with van der Waals surface area (Å²) in [5.74, 6) is -0.639. The average molecular weight is 312 g/mol. The molecule has 2 N–H and O–H groups in total. The number of nitrogens with one attached hydrogen (secondary N) is 2. The molecule has 0 atom stereocenters. The Morgan fingerprint density at radius 3 is 2.43 bits per heavy atom. The fraction of sp³-hybridized carbons (Fsp3) is 0.222. The van der Waals surface area contributed by atoms with Gasteiger partial charge >= 0.3 is 11.8 Å². The van der Waals surface area contributed by atoms with E-state index in [1.165, 1.54) is 0 Å². The lowest BCUT2D eigenvalue weighted by molar-refractivity contribution is -0.136. The Bertz CT molecular complexity index is 684. The number of hydrogen-bond acceptors (Lipinski definition) is 3. The van der Waals surface area contributed by atoms with Gasteiger partial charge in [-0.3, -0.25) is 9.59 Å². The molecule has 0 unspecified atom stereocenters. The number of amides is 2. The predicted molar refractivity (Wildman–Crippen MR) is 89.5 cm³/mol. The third-order valence-corrected chi connectivity index (χ3v) is 3.24. The number of carbonyl (C=O) groups excluding carboxylic acids is 2. The summed E-state index contributed by atoms with van der Waals surface area (Å²) in [6.45, 7) is 4.41. The molecule has 0 radical (unpaired) electrons. The van der Waals surface area contributed by atoms with Crippen LogP contribution in [0.1, 0.15) is 11.1 Å². The van der Waals surface area contributed by atoms with E-state index in [0.29, 0.717) is 12.3 Å². The minimum Gasteiger partial charge on any atom is -0.492 e. The molecule has 0 fully saturated rings. The number of carbonyl (C=O) groups is 2. The normalized spacial score (nSPS) is 10.0. The second kappa shape index (κ2) is 7.98. The SMILES string of the molecule is Cc1ccc(NC(=O)C(=O)NCCOc2ccccc2)c(C)c1. The fourth-order valence-electron chi connectivity index (χ4n) is 2.06. The van der Waals surface area contributed by atoms with Crippen molar-refractivity contribution in [2.24, 2.45) is 0 Å². The van der Waals surface area contributed by atoms with Gasteiger partial charge in [-0.1, -0.05) is 35.9 Å². The zero-order valence-electron chi connectivity index (χ0n) is 13.3. The van der Waals surface area contributed by atoms with Crippen LogP contribution < -0.4 is 15.4 Å². The maximum atomic E-state index is 11.8. The highest BCUT2D eigenvalue weighted by molar-refractivity contribution is 6.39. The van der Waals surface area contributed by atoms with Gasteiger partial charge in [-0.15, -0.1) is 0 Å². The summed E-state index contributed by atoms with van der Waals surface area (Å²) in [6.07, 6.45) is 0. The number of aryl methyl sites for hydroxylation is 2. The molecule has 5 nitrogen and oxygen atoms in total. The van der Waals surface area contributed by atoms with Crippen molar-refractivity contribution < 1.29 is 14.3 Å². The van der Waals surface area contributed by atoms with Crippen molar-refractivity contribution in [1.82, 2.24) is 5.32 Å². The lowest BCUT2D eigenvalue weighted by Crippen LogP contribution is -2.37. The van der Waals surface area contributed by atoms with Crippen LogP contribution in [0.2, 0.25) is 0 Å². The van der Waals surface area contributed by atoms with Crippen molar-refractivity contribution in [3.8, 4) is 5.75 Å². The minimum absolute atomic E-state index is 0.258. The molecule has 120 valence electrons. The second-order valence-electron chi connectivity index (χ2n) is 5.19. The smallest absolute Gasteiger partial charge is 0.313 e. The first-order valence-corrected chi connectivity index (χ1v) is 7.40. The number of benzene rings is 2. The maximum Gasteiger partial charge on any atom is 0.313 e. The molecule has 0 aliphatic carbocycles. The van der Waals surface area contributed by atoms with Crippen LogP contribution in [0.3, 0.4) is 0 Å². The first-order chi connectivity index (χ1) is 11.1. The summed E-state index contributed by atoms with van der Waals surface area (Å²) in [7, 11) is 0. The van der Waals surface area contributed by atoms with Gasteiger partial charge in [0.25, 0.3) is 0 Å². The zero-order valence-corrected chi connectivity index (χ0v) is 13.3. The van der Waals surface area contributed by atoms with Crippen LogP contribution in [0.4, 0.5) is 5.69 Å². The minimum atomic E-state index is -0.684. The lowest BCUT2D eigenvalue weighted by atomic mass is 10.1. The highest BCUT2D eigenvalue weighted by Crippen LogP contribution is 2.15. The van der Waals surface area contributed by atoms with Gasteiger partial charge in [-0.2, -0.15) is 0 Å². The van der Waals surface area contributed by atoms with E-state index in [2.05, 4.69) is 10.6 Å². The summed E-state index contributed by atoms with van der Waals surface area (Å²) < 4.78 is 5.44. The van der Waals surface area contributed by atoms with Crippen molar-refractivity contribution in [2.45, 2.75) is 13.8 Å². The van der Waals surface area contributed by atoms with Crippen LogP contribution in [-0.4, -0.2) is 25.0 Å². The van der Waals surface area contributed by atoms with Gasteiger partial charge in [0.05, 0.1) is 6.54 Å². The number of anilines is 1. The number of para-hydroxylation sites is 1. The third kappa shape index (κ3) is 5.14. The molecule has 0 saturated heterocycles. The van der Waals surface area contributed by atoms with Gasteiger partial charge in [0, 0.05) is 5.69 Å². The standard InChI is InChI=1S/C18H20N2O3/c1-13-8-9-16(14(2)12-13)20-18(22)17(21)19-10-11-23-15-6-4-3-5-7-15/h3-9,12H,10-11H2,1-2H3,(H,19,21)(H,20,22). The molecule has 0 heterocycles. The van der Waals surface area contributed by atoms with Crippen LogP contribution in [0.25, 0.3) is 0 Å². The topological polar surface area (TPSA) is 67.4 Å². The summed E-state index contributed by atoms with van der Waals surface area (Å²) in [6, 6.07) is 14.9. The van der Waals surface area contributed by atoms with E-state index in [0.717, 1.165) is 16.9 Å².